The molecule has 122 valence electrons. The van der Waals surface area contributed by atoms with Crippen LogP contribution >= 0.6 is 0 Å². The number of hydrogen-bond donors (Lipinski definition) is 0. The molecule has 6 aliphatic rings. The Labute approximate surface area is 138 Å². The van der Waals surface area contributed by atoms with E-state index in [1.165, 1.54) is 0 Å². The van der Waals surface area contributed by atoms with Gasteiger partial charge in [-0.1, -0.05) is 24.3 Å². The van der Waals surface area contributed by atoms with Crippen molar-refractivity contribution in [2.45, 2.75) is 12.8 Å². The Morgan fingerprint density at radius 1 is 0.542 bits per heavy atom. The maximum absolute atomic E-state index is 12.9. The van der Waals surface area contributed by atoms with Crippen LogP contribution in [0.3, 0.4) is 0 Å². The van der Waals surface area contributed by atoms with Crippen LogP contribution in [0.15, 0.2) is 24.3 Å². The SMILES string of the molecule is O=C1[C@@H]2[C@@H](C(=O)N1N1C(=O)[C@@H]3[C@H](C1=O)[C@H]1C=C[C@H]3C1)[C@H]1C=C[C@H]2C1. The second-order valence-electron chi connectivity index (χ2n) is 7.98. The van der Waals surface area contributed by atoms with Gasteiger partial charge in [-0.05, 0) is 36.5 Å². The van der Waals surface area contributed by atoms with E-state index in [-0.39, 0.29) is 71.0 Å². The Bertz CT molecular complexity index is 673. The standard InChI is InChI=1S/C18H16N2O4/c21-15-11-7-1-2-8(5-7)12(11)16(22)19(15)20-17(23)13-9-3-4-10(6-9)14(13)18(20)24/h1-4,7-14H,5-6H2/t7-,8-,9-,10-,11-,12-,13-,14+/m0/s1. The van der Waals surface area contributed by atoms with Gasteiger partial charge in [0.1, 0.15) is 0 Å². The van der Waals surface area contributed by atoms with Crippen LogP contribution in [0.4, 0.5) is 0 Å². The van der Waals surface area contributed by atoms with Gasteiger partial charge >= 0.3 is 0 Å². The molecule has 0 aromatic carbocycles. The van der Waals surface area contributed by atoms with Gasteiger partial charge in [-0.2, -0.15) is 10.0 Å². The zero-order chi connectivity index (χ0) is 16.3. The smallest absolute Gasteiger partial charge is 0.253 e. The van der Waals surface area contributed by atoms with Crippen molar-refractivity contribution in [3.63, 3.8) is 0 Å². The van der Waals surface area contributed by atoms with E-state index < -0.39 is 0 Å². The van der Waals surface area contributed by atoms with E-state index >= 15 is 0 Å². The summed E-state index contributed by atoms with van der Waals surface area (Å²) in [6.07, 6.45) is 9.70. The Kier molecular flexibility index (Phi) is 2.11. The summed E-state index contributed by atoms with van der Waals surface area (Å²) in [5.74, 6) is -2.67. The van der Waals surface area contributed by atoms with Crippen molar-refractivity contribution >= 4 is 23.6 Å². The fourth-order valence-corrected chi connectivity index (χ4v) is 6.17. The molecule has 8 atom stereocenters. The first-order valence-electron chi connectivity index (χ1n) is 8.70. The number of carbonyl (C=O) groups is 4. The van der Waals surface area contributed by atoms with Gasteiger partial charge in [0.15, 0.2) is 0 Å². The van der Waals surface area contributed by atoms with Gasteiger partial charge in [0.05, 0.1) is 23.7 Å². The highest BCUT2D eigenvalue weighted by molar-refractivity contribution is 6.14. The molecule has 2 aliphatic heterocycles. The van der Waals surface area contributed by atoms with Crippen LogP contribution in [-0.2, 0) is 19.2 Å². The fourth-order valence-electron chi connectivity index (χ4n) is 6.17. The molecule has 4 bridgehead atoms. The number of hydrogen-bond acceptors (Lipinski definition) is 4. The first kappa shape index (κ1) is 13.1. The first-order valence-corrected chi connectivity index (χ1v) is 8.70. The molecule has 0 radical (unpaired) electrons. The normalized spacial score (nSPS) is 50.0. The molecule has 6 rings (SSSR count). The molecular formula is C18H16N2O4. The number of imide groups is 2. The van der Waals surface area contributed by atoms with Crippen molar-refractivity contribution in [1.29, 1.82) is 0 Å². The lowest BCUT2D eigenvalue weighted by Gasteiger charge is -2.26. The van der Waals surface area contributed by atoms with E-state index in [2.05, 4.69) is 0 Å². The summed E-state index contributed by atoms with van der Waals surface area (Å²) in [7, 11) is 0. The largest absolute Gasteiger partial charge is 0.272 e. The molecule has 0 unspecified atom stereocenters. The second kappa shape index (κ2) is 3.87. The zero-order valence-corrected chi connectivity index (χ0v) is 12.9. The number of carbonyl (C=O) groups excluding carboxylic acids is 4. The highest BCUT2D eigenvalue weighted by atomic mass is 16.2. The predicted molar refractivity (Wildman–Crippen MR) is 79.1 cm³/mol. The average Bonchev–Trinajstić information content (AvgIpc) is 3.36. The molecule has 2 heterocycles. The Hall–Kier alpha value is -2.24. The van der Waals surface area contributed by atoms with Crippen LogP contribution in [-0.4, -0.2) is 33.6 Å². The van der Waals surface area contributed by atoms with Crippen molar-refractivity contribution < 1.29 is 19.2 Å². The van der Waals surface area contributed by atoms with Crippen molar-refractivity contribution in [3.8, 4) is 0 Å². The zero-order valence-electron chi connectivity index (χ0n) is 12.9. The molecule has 2 saturated carbocycles. The van der Waals surface area contributed by atoms with E-state index in [9.17, 15) is 19.2 Å². The highest BCUT2D eigenvalue weighted by Gasteiger charge is 2.66. The first-order chi connectivity index (χ1) is 11.6. The van der Waals surface area contributed by atoms with Gasteiger partial charge in [-0.25, -0.2) is 0 Å². The van der Waals surface area contributed by atoms with E-state index in [1.54, 1.807) is 0 Å². The van der Waals surface area contributed by atoms with Gasteiger partial charge in [0.25, 0.3) is 23.6 Å². The van der Waals surface area contributed by atoms with Gasteiger partial charge in [-0.15, -0.1) is 0 Å². The van der Waals surface area contributed by atoms with Crippen molar-refractivity contribution in [3.05, 3.63) is 24.3 Å². The van der Waals surface area contributed by atoms with E-state index in [0.29, 0.717) is 0 Å². The third-order valence-corrected chi connectivity index (χ3v) is 7.09. The van der Waals surface area contributed by atoms with Crippen molar-refractivity contribution in [2.75, 3.05) is 0 Å². The molecule has 6 nitrogen and oxygen atoms in total. The summed E-state index contributed by atoms with van der Waals surface area (Å²) in [5, 5.41) is 1.81. The molecule has 0 spiro atoms. The van der Waals surface area contributed by atoms with Crippen molar-refractivity contribution in [1.82, 2.24) is 10.0 Å². The van der Waals surface area contributed by atoms with Gasteiger partial charge in [-0.3, -0.25) is 19.2 Å². The summed E-state index contributed by atoms with van der Waals surface area (Å²) in [6, 6.07) is 0. The fraction of sp³-hybridized carbons (Fsp3) is 0.556. The maximum Gasteiger partial charge on any atom is 0.253 e. The third kappa shape index (κ3) is 1.21. The van der Waals surface area contributed by atoms with Crippen LogP contribution in [0.5, 0.6) is 0 Å². The summed E-state index contributed by atoms with van der Waals surface area (Å²) >= 11 is 0. The number of allylic oxidation sites excluding steroid dienone is 4. The molecule has 0 aromatic rings. The van der Waals surface area contributed by atoms with Crippen LogP contribution in [0.1, 0.15) is 12.8 Å². The number of nitrogens with zero attached hydrogens (tertiary/aromatic N) is 2. The lowest BCUT2D eigenvalue weighted by molar-refractivity contribution is -0.174. The Balaban J connectivity index is 1.39. The summed E-state index contributed by atoms with van der Waals surface area (Å²) in [5.41, 5.74) is 0. The Morgan fingerprint density at radius 2 is 0.792 bits per heavy atom. The predicted octanol–water partition coefficient (Wildman–Crippen LogP) is 0.516. The molecule has 4 fully saturated rings. The lowest BCUT2D eigenvalue weighted by Crippen LogP contribution is -2.51. The minimum atomic E-state index is -0.386. The minimum Gasteiger partial charge on any atom is -0.272 e. The van der Waals surface area contributed by atoms with E-state index in [1.807, 2.05) is 24.3 Å². The molecular weight excluding hydrogens is 308 g/mol. The van der Waals surface area contributed by atoms with Gasteiger partial charge in [0, 0.05) is 0 Å². The van der Waals surface area contributed by atoms with Gasteiger partial charge in [0.2, 0.25) is 0 Å². The molecule has 0 aromatic heterocycles. The molecule has 6 heteroatoms. The highest BCUT2D eigenvalue weighted by Crippen LogP contribution is 2.56. The van der Waals surface area contributed by atoms with Crippen molar-refractivity contribution in [2.24, 2.45) is 47.3 Å². The summed E-state index contributed by atoms with van der Waals surface area (Å²) in [6.45, 7) is 0. The second-order valence-corrected chi connectivity index (χ2v) is 7.98. The average molecular weight is 324 g/mol. The maximum atomic E-state index is 12.9. The van der Waals surface area contributed by atoms with E-state index in [0.717, 1.165) is 22.9 Å². The van der Waals surface area contributed by atoms with Crippen LogP contribution < -0.4 is 0 Å². The molecule has 24 heavy (non-hydrogen) atoms. The van der Waals surface area contributed by atoms with E-state index in [4.69, 9.17) is 0 Å². The summed E-state index contributed by atoms with van der Waals surface area (Å²) < 4.78 is 0. The number of hydrazine groups is 1. The molecule has 0 N–H and O–H groups in total. The van der Waals surface area contributed by atoms with Crippen LogP contribution in [0.2, 0.25) is 0 Å². The monoisotopic (exact) mass is 324 g/mol. The molecule has 4 amide bonds. The van der Waals surface area contributed by atoms with Crippen LogP contribution in [0.25, 0.3) is 0 Å². The van der Waals surface area contributed by atoms with Gasteiger partial charge < -0.3 is 0 Å². The quantitative estimate of drug-likeness (QED) is 0.520. The lowest BCUT2D eigenvalue weighted by atomic mass is 9.85. The minimum absolute atomic E-state index is 0.0756. The Morgan fingerprint density at radius 3 is 1.04 bits per heavy atom. The third-order valence-electron chi connectivity index (χ3n) is 7.09. The summed E-state index contributed by atoms with van der Waals surface area (Å²) in [4.78, 5) is 51.5. The molecule has 4 aliphatic carbocycles. The molecule has 2 saturated heterocycles. The number of fused-ring (bicyclic) bond motifs is 10. The number of amides is 4. The number of rotatable bonds is 1. The van der Waals surface area contributed by atoms with Crippen LogP contribution in [0, 0.1) is 47.3 Å². The topological polar surface area (TPSA) is 74.8 Å².